The van der Waals surface area contributed by atoms with E-state index in [9.17, 15) is 4.79 Å². The van der Waals surface area contributed by atoms with Crippen molar-refractivity contribution in [2.24, 2.45) is 0 Å². The lowest BCUT2D eigenvalue weighted by Crippen LogP contribution is -2.23. The van der Waals surface area contributed by atoms with E-state index in [-0.39, 0.29) is 5.91 Å². The quantitative estimate of drug-likeness (QED) is 0.774. The van der Waals surface area contributed by atoms with E-state index in [2.05, 4.69) is 10.5 Å². The number of carbonyl (C=O) groups excluding carboxylic acids is 1. The summed E-state index contributed by atoms with van der Waals surface area (Å²) in [5, 5.41) is 6.99. The molecule has 130 valence electrons. The third kappa shape index (κ3) is 3.42. The molecule has 0 saturated heterocycles. The first kappa shape index (κ1) is 16.8. The third-order valence-corrected chi connectivity index (χ3v) is 4.11. The molecule has 0 spiro atoms. The SMILES string of the molecule is COc1cccc(CNC(=O)c2cc(C)n(-c3cc(C)on3)c2C)c1. The number of carbonyl (C=O) groups is 1. The number of amides is 1. The molecule has 2 heterocycles. The molecule has 3 rings (SSSR count). The van der Waals surface area contributed by atoms with Crippen molar-refractivity contribution in [1.82, 2.24) is 15.0 Å². The van der Waals surface area contributed by atoms with E-state index in [1.54, 1.807) is 7.11 Å². The molecule has 0 aliphatic heterocycles. The fourth-order valence-electron chi connectivity index (χ4n) is 2.86. The Morgan fingerprint density at radius 3 is 2.72 bits per heavy atom. The van der Waals surface area contributed by atoms with Gasteiger partial charge in [-0.3, -0.25) is 9.36 Å². The molecule has 0 bridgehead atoms. The lowest BCUT2D eigenvalue weighted by Gasteiger charge is -2.08. The molecule has 0 aliphatic carbocycles. The summed E-state index contributed by atoms with van der Waals surface area (Å²) in [7, 11) is 1.62. The molecule has 0 atom stereocenters. The molecule has 3 aromatic rings. The second kappa shape index (κ2) is 6.84. The van der Waals surface area contributed by atoms with E-state index < -0.39 is 0 Å². The van der Waals surface area contributed by atoms with E-state index in [1.807, 2.05) is 61.7 Å². The van der Waals surface area contributed by atoms with Crippen molar-refractivity contribution in [1.29, 1.82) is 0 Å². The Kier molecular flexibility index (Phi) is 4.61. The highest BCUT2D eigenvalue weighted by atomic mass is 16.5. The highest BCUT2D eigenvalue weighted by Crippen LogP contribution is 2.21. The van der Waals surface area contributed by atoms with Crippen LogP contribution in [0.1, 0.15) is 33.1 Å². The van der Waals surface area contributed by atoms with Gasteiger partial charge in [0, 0.05) is 24.0 Å². The van der Waals surface area contributed by atoms with Gasteiger partial charge < -0.3 is 14.6 Å². The number of methoxy groups -OCH3 is 1. The summed E-state index contributed by atoms with van der Waals surface area (Å²) in [6.45, 7) is 6.11. The Morgan fingerprint density at radius 1 is 1.24 bits per heavy atom. The Bertz CT molecular complexity index is 909. The molecule has 1 aromatic carbocycles. The second-order valence-electron chi connectivity index (χ2n) is 5.95. The predicted octanol–water partition coefficient (Wildman–Crippen LogP) is 3.33. The zero-order valence-electron chi connectivity index (χ0n) is 14.8. The molecule has 6 heteroatoms. The van der Waals surface area contributed by atoms with Crippen LogP contribution in [-0.4, -0.2) is 22.7 Å². The molecule has 2 aromatic heterocycles. The standard InChI is InChI=1S/C19H21N3O3/c1-12-8-17(14(3)22(12)18-9-13(2)25-21-18)19(23)20-11-15-6-5-7-16(10-15)24-4/h5-10H,11H2,1-4H3,(H,20,23). The van der Waals surface area contributed by atoms with E-state index >= 15 is 0 Å². The molecular formula is C19H21N3O3. The lowest BCUT2D eigenvalue weighted by molar-refractivity contribution is 0.0950. The van der Waals surface area contributed by atoms with Crippen LogP contribution >= 0.6 is 0 Å². The van der Waals surface area contributed by atoms with Crippen LogP contribution in [-0.2, 0) is 6.54 Å². The number of aromatic nitrogens is 2. The van der Waals surface area contributed by atoms with E-state index in [1.165, 1.54) is 0 Å². The van der Waals surface area contributed by atoms with Gasteiger partial charge in [0.25, 0.3) is 5.91 Å². The van der Waals surface area contributed by atoms with Crippen molar-refractivity contribution in [2.45, 2.75) is 27.3 Å². The average molecular weight is 339 g/mol. The third-order valence-electron chi connectivity index (χ3n) is 4.11. The number of aryl methyl sites for hydroxylation is 2. The maximum absolute atomic E-state index is 12.6. The predicted molar refractivity (Wildman–Crippen MR) is 94.2 cm³/mol. The van der Waals surface area contributed by atoms with Crippen molar-refractivity contribution in [3.8, 4) is 11.6 Å². The maximum atomic E-state index is 12.6. The van der Waals surface area contributed by atoms with Gasteiger partial charge in [0.05, 0.1) is 12.7 Å². The van der Waals surface area contributed by atoms with Gasteiger partial charge in [0.15, 0.2) is 5.82 Å². The number of ether oxygens (including phenoxy) is 1. The van der Waals surface area contributed by atoms with Crippen LogP contribution in [0.15, 0.2) is 40.9 Å². The van der Waals surface area contributed by atoms with Crippen LogP contribution in [0.4, 0.5) is 0 Å². The van der Waals surface area contributed by atoms with Gasteiger partial charge in [-0.1, -0.05) is 17.3 Å². The minimum absolute atomic E-state index is 0.123. The summed E-state index contributed by atoms with van der Waals surface area (Å²) in [5.74, 6) is 2.06. The first-order valence-corrected chi connectivity index (χ1v) is 8.03. The maximum Gasteiger partial charge on any atom is 0.253 e. The molecular weight excluding hydrogens is 318 g/mol. The molecule has 0 unspecified atom stereocenters. The van der Waals surface area contributed by atoms with Gasteiger partial charge in [0.1, 0.15) is 11.5 Å². The molecule has 0 aliphatic rings. The summed E-state index contributed by atoms with van der Waals surface area (Å²) < 4.78 is 12.3. The molecule has 1 N–H and O–H groups in total. The molecule has 1 amide bonds. The Labute approximate surface area is 146 Å². The van der Waals surface area contributed by atoms with Crippen molar-refractivity contribution in [3.63, 3.8) is 0 Å². The van der Waals surface area contributed by atoms with E-state index in [0.717, 1.165) is 28.5 Å². The van der Waals surface area contributed by atoms with Crippen molar-refractivity contribution < 1.29 is 14.1 Å². The van der Waals surface area contributed by atoms with Crippen molar-refractivity contribution in [2.75, 3.05) is 7.11 Å². The Hall–Kier alpha value is -3.02. The minimum atomic E-state index is -0.123. The molecule has 6 nitrogen and oxygen atoms in total. The Morgan fingerprint density at radius 2 is 2.04 bits per heavy atom. The van der Waals surface area contributed by atoms with Crippen LogP contribution in [0.2, 0.25) is 0 Å². The average Bonchev–Trinajstić information content (AvgIpc) is 3.15. The fraction of sp³-hybridized carbons (Fsp3) is 0.263. The summed E-state index contributed by atoms with van der Waals surface area (Å²) in [6.07, 6.45) is 0. The second-order valence-corrected chi connectivity index (χ2v) is 5.95. The number of hydrogen-bond donors (Lipinski definition) is 1. The van der Waals surface area contributed by atoms with Crippen LogP contribution in [0, 0.1) is 20.8 Å². The molecule has 25 heavy (non-hydrogen) atoms. The number of hydrogen-bond acceptors (Lipinski definition) is 4. The highest BCUT2D eigenvalue weighted by molar-refractivity contribution is 5.95. The van der Waals surface area contributed by atoms with Crippen molar-refractivity contribution >= 4 is 5.91 Å². The summed E-state index contributed by atoms with van der Waals surface area (Å²) in [6, 6.07) is 11.3. The van der Waals surface area contributed by atoms with E-state index in [0.29, 0.717) is 17.9 Å². The van der Waals surface area contributed by atoms with E-state index in [4.69, 9.17) is 9.26 Å². The molecule has 0 saturated carbocycles. The van der Waals surface area contributed by atoms with Crippen molar-refractivity contribution in [3.05, 3.63) is 64.7 Å². The number of benzene rings is 1. The summed E-state index contributed by atoms with van der Waals surface area (Å²) in [5.41, 5.74) is 3.36. The fourth-order valence-corrected chi connectivity index (χ4v) is 2.86. The monoisotopic (exact) mass is 339 g/mol. The topological polar surface area (TPSA) is 69.3 Å². The van der Waals surface area contributed by atoms with Gasteiger partial charge in [0.2, 0.25) is 0 Å². The largest absolute Gasteiger partial charge is 0.497 e. The first-order valence-electron chi connectivity index (χ1n) is 8.03. The number of nitrogens with one attached hydrogen (secondary N) is 1. The van der Waals surface area contributed by atoms with Crippen LogP contribution in [0.25, 0.3) is 5.82 Å². The van der Waals surface area contributed by atoms with Gasteiger partial charge in [-0.25, -0.2) is 0 Å². The van der Waals surface area contributed by atoms with Crippen LogP contribution < -0.4 is 10.1 Å². The smallest absolute Gasteiger partial charge is 0.253 e. The van der Waals surface area contributed by atoms with Crippen LogP contribution in [0.5, 0.6) is 5.75 Å². The zero-order chi connectivity index (χ0) is 18.0. The molecule has 0 fully saturated rings. The minimum Gasteiger partial charge on any atom is -0.497 e. The highest BCUT2D eigenvalue weighted by Gasteiger charge is 2.18. The Balaban J connectivity index is 1.78. The first-order chi connectivity index (χ1) is 12.0. The summed E-state index contributed by atoms with van der Waals surface area (Å²) in [4.78, 5) is 12.6. The van der Waals surface area contributed by atoms with Gasteiger partial charge >= 0.3 is 0 Å². The summed E-state index contributed by atoms with van der Waals surface area (Å²) >= 11 is 0. The normalized spacial score (nSPS) is 10.7. The van der Waals surface area contributed by atoms with Gasteiger partial charge in [-0.05, 0) is 44.5 Å². The number of rotatable bonds is 5. The van der Waals surface area contributed by atoms with Gasteiger partial charge in [-0.15, -0.1) is 0 Å². The zero-order valence-corrected chi connectivity index (χ0v) is 14.8. The lowest BCUT2D eigenvalue weighted by atomic mass is 10.2. The van der Waals surface area contributed by atoms with Gasteiger partial charge in [-0.2, -0.15) is 0 Å². The molecule has 0 radical (unpaired) electrons. The number of nitrogens with zero attached hydrogens (tertiary/aromatic N) is 2. The van der Waals surface area contributed by atoms with Crippen LogP contribution in [0.3, 0.4) is 0 Å².